The van der Waals surface area contributed by atoms with E-state index < -0.39 is 10.0 Å². The van der Waals surface area contributed by atoms with Gasteiger partial charge in [-0.15, -0.1) is 0 Å². The van der Waals surface area contributed by atoms with Crippen molar-refractivity contribution in [3.63, 3.8) is 0 Å². The second-order valence-corrected chi connectivity index (χ2v) is 9.91. The predicted octanol–water partition coefficient (Wildman–Crippen LogP) is 3.39. The lowest BCUT2D eigenvalue weighted by Crippen LogP contribution is -2.43. The van der Waals surface area contributed by atoms with Crippen LogP contribution in [-0.4, -0.2) is 36.7 Å². The number of amides is 1. The maximum absolute atomic E-state index is 12.9. The molecule has 2 heterocycles. The van der Waals surface area contributed by atoms with Crippen molar-refractivity contribution in [2.45, 2.75) is 44.0 Å². The molecule has 1 fully saturated rings. The number of rotatable bonds is 7. The summed E-state index contributed by atoms with van der Waals surface area (Å²) < 4.78 is 26.9. The summed E-state index contributed by atoms with van der Waals surface area (Å²) >= 11 is 0. The van der Waals surface area contributed by atoms with Crippen molar-refractivity contribution in [1.29, 1.82) is 0 Å². The molecular weight excluding hydrogens is 386 g/mol. The van der Waals surface area contributed by atoms with Crippen LogP contribution in [0.25, 0.3) is 0 Å². The molecule has 0 saturated carbocycles. The fourth-order valence-electron chi connectivity index (χ4n) is 3.73. The summed E-state index contributed by atoms with van der Waals surface area (Å²) in [5.41, 5.74) is 1.10. The first kappa shape index (κ1) is 21.5. The van der Waals surface area contributed by atoms with Gasteiger partial charge in [-0.05, 0) is 42.9 Å². The topological polar surface area (TPSA) is 79.4 Å². The Morgan fingerprint density at radius 2 is 1.83 bits per heavy atom. The third-order valence-corrected chi connectivity index (χ3v) is 7.20. The lowest BCUT2D eigenvalue weighted by molar-refractivity contribution is -0.127. The van der Waals surface area contributed by atoms with Gasteiger partial charge in [0.1, 0.15) is 4.90 Å². The summed E-state index contributed by atoms with van der Waals surface area (Å²) in [5, 5.41) is 3.20. The smallest absolute Gasteiger partial charge is 0.244 e. The molecule has 0 radical (unpaired) electrons. The van der Waals surface area contributed by atoms with E-state index in [1.807, 2.05) is 30.3 Å². The third kappa shape index (κ3) is 5.42. The van der Waals surface area contributed by atoms with Gasteiger partial charge in [0.05, 0.1) is 6.04 Å². The monoisotopic (exact) mass is 415 g/mol. The maximum atomic E-state index is 12.9. The van der Waals surface area contributed by atoms with Gasteiger partial charge >= 0.3 is 0 Å². The number of hydrogen-bond donors (Lipinski definition) is 1. The Hall–Kier alpha value is -2.25. The minimum Gasteiger partial charge on any atom is -0.349 e. The van der Waals surface area contributed by atoms with Gasteiger partial charge in [0.2, 0.25) is 15.9 Å². The van der Waals surface area contributed by atoms with Gasteiger partial charge in [0.15, 0.2) is 0 Å². The van der Waals surface area contributed by atoms with Crippen LogP contribution in [0.5, 0.6) is 0 Å². The summed E-state index contributed by atoms with van der Waals surface area (Å²) in [6, 6.07) is 13.2. The molecule has 1 unspecified atom stereocenters. The SMILES string of the molecule is CC(C)CC(NC(=O)C1CCN(S(=O)(=O)c2cccnc2)CC1)c1ccccc1. The first-order chi connectivity index (χ1) is 13.9. The second-order valence-electron chi connectivity index (χ2n) is 7.97. The van der Waals surface area contributed by atoms with E-state index in [9.17, 15) is 13.2 Å². The van der Waals surface area contributed by atoms with E-state index in [4.69, 9.17) is 0 Å². The van der Waals surface area contributed by atoms with E-state index in [1.165, 1.54) is 10.5 Å². The van der Waals surface area contributed by atoms with Crippen molar-refractivity contribution in [2.24, 2.45) is 11.8 Å². The molecule has 7 heteroatoms. The molecule has 0 bridgehead atoms. The summed E-state index contributed by atoms with van der Waals surface area (Å²) in [6.45, 7) is 4.97. The van der Waals surface area contributed by atoms with Crippen molar-refractivity contribution in [3.05, 3.63) is 60.4 Å². The zero-order valence-corrected chi connectivity index (χ0v) is 17.8. The number of sulfonamides is 1. The molecule has 1 aromatic heterocycles. The minimum absolute atomic E-state index is 0.0120. The summed E-state index contributed by atoms with van der Waals surface area (Å²) in [5.74, 6) is 0.290. The molecule has 1 aromatic carbocycles. The lowest BCUT2D eigenvalue weighted by Gasteiger charge is -2.31. The van der Waals surface area contributed by atoms with Crippen LogP contribution < -0.4 is 5.32 Å². The van der Waals surface area contributed by atoms with Gasteiger partial charge in [0.25, 0.3) is 0 Å². The third-order valence-electron chi connectivity index (χ3n) is 5.32. The summed E-state index contributed by atoms with van der Waals surface area (Å²) in [6.07, 6.45) is 4.83. The van der Waals surface area contributed by atoms with Crippen LogP contribution in [-0.2, 0) is 14.8 Å². The molecule has 0 aliphatic carbocycles. The average molecular weight is 416 g/mol. The Bertz CT molecular complexity index is 893. The fourth-order valence-corrected chi connectivity index (χ4v) is 5.17. The van der Waals surface area contributed by atoms with Gasteiger partial charge in [0, 0.05) is 31.4 Å². The van der Waals surface area contributed by atoms with E-state index >= 15 is 0 Å². The van der Waals surface area contributed by atoms with E-state index in [2.05, 4.69) is 24.1 Å². The van der Waals surface area contributed by atoms with Crippen LogP contribution >= 0.6 is 0 Å². The summed E-state index contributed by atoms with van der Waals surface area (Å²) in [7, 11) is -3.55. The molecule has 1 aliphatic rings. The molecule has 0 spiro atoms. The Morgan fingerprint density at radius 1 is 1.14 bits per heavy atom. The molecule has 1 N–H and O–H groups in total. The number of aromatic nitrogens is 1. The van der Waals surface area contributed by atoms with Gasteiger partial charge in [-0.3, -0.25) is 9.78 Å². The van der Waals surface area contributed by atoms with Crippen molar-refractivity contribution < 1.29 is 13.2 Å². The van der Waals surface area contributed by atoms with Crippen LogP contribution in [0.15, 0.2) is 59.8 Å². The number of nitrogens with zero attached hydrogens (tertiary/aromatic N) is 2. The molecular formula is C22H29N3O3S. The van der Waals surface area contributed by atoms with Gasteiger partial charge in [-0.2, -0.15) is 4.31 Å². The fraction of sp³-hybridized carbons (Fsp3) is 0.455. The van der Waals surface area contributed by atoms with E-state index in [-0.39, 0.29) is 22.8 Å². The lowest BCUT2D eigenvalue weighted by atomic mass is 9.93. The van der Waals surface area contributed by atoms with Crippen molar-refractivity contribution in [2.75, 3.05) is 13.1 Å². The van der Waals surface area contributed by atoms with E-state index in [0.717, 1.165) is 12.0 Å². The van der Waals surface area contributed by atoms with Crippen molar-refractivity contribution in [3.8, 4) is 0 Å². The molecule has 6 nitrogen and oxygen atoms in total. The molecule has 1 atom stereocenters. The average Bonchev–Trinajstić information content (AvgIpc) is 2.74. The van der Waals surface area contributed by atoms with Gasteiger partial charge in [-0.1, -0.05) is 44.2 Å². The first-order valence-corrected chi connectivity index (χ1v) is 11.6. The maximum Gasteiger partial charge on any atom is 0.244 e. The molecule has 29 heavy (non-hydrogen) atoms. The standard InChI is InChI=1S/C22H29N3O3S/c1-17(2)15-21(18-7-4-3-5-8-18)24-22(26)19-10-13-25(14-11-19)29(27,28)20-9-6-12-23-16-20/h3-9,12,16-17,19,21H,10-11,13-15H2,1-2H3,(H,24,26). The first-order valence-electron chi connectivity index (χ1n) is 10.1. The normalized spacial score (nSPS) is 17.2. The van der Waals surface area contributed by atoms with E-state index in [1.54, 1.807) is 18.3 Å². The number of nitrogens with one attached hydrogen (secondary N) is 1. The van der Waals surface area contributed by atoms with Crippen molar-refractivity contribution in [1.82, 2.24) is 14.6 Å². The Balaban J connectivity index is 1.62. The van der Waals surface area contributed by atoms with Crippen LogP contribution in [0.1, 0.15) is 44.7 Å². The minimum atomic E-state index is -3.55. The largest absolute Gasteiger partial charge is 0.349 e. The Morgan fingerprint density at radius 3 is 2.41 bits per heavy atom. The zero-order chi connectivity index (χ0) is 20.9. The highest BCUT2D eigenvalue weighted by Gasteiger charge is 2.33. The van der Waals surface area contributed by atoms with E-state index in [0.29, 0.717) is 31.8 Å². The highest BCUT2D eigenvalue weighted by atomic mass is 32.2. The Labute approximate surface area is 173 Å². The van der Waals surface area contributed by atoms with Gasteiger partial charge < -0.3 is 5.32 Å². The Kier molecular flexibility index (Phi) is 7.03. The summed E-state index contributed by atoms with van der Waals surface area (Å²) in [4.78, 5) is 17.0. The number of hydrogen-bond acceptors (Lipinski definition) is 4. The zero-order valence-electron chi connectivity index (χ0n) is 17.0. The number of carbonyl (C=O) groups excluding carboxylic acids is 1. The number of piperidine rings is 1. The van der Waals surface area contributed by atoms with Crippen LogP contribution in [0, 0.1) is 11.8 Å². The molecule has 156 valence electrons. The van der Waals surface area contributed by atoms with Gasteiger partial charge in [-0.25, -0.2) is 8.42 Å². The molecule has 1 aliphatic heterocycles. The van der Waals surface area contributed by atoms with Crippen LogP contribution in [0.2, 0.25) is 0 Å². The van der Waals surface area contributed by atoms with Crippen molar-refractivity contribution >= 4 is 15.9 Å². The van der Waals surface area contributed by atoms with Crippen LogP contribution in [0.3, 0.4) is 0 Å². The highest BCUT2D eigenvalue weighted by Crippen LogP contribution is 2.26. The number of pyridine rings is 1. The molecule has 1 amide bonds. The molecule has 2 aromatic rings. The highest BCUT2D eigenvalue weighted by molar-refractivity contribution is 7.89. The quantitative estimate of drug-likeness (QED) is 0.752. The predicted molar refractivity (Wildman–Crippen MR) is 113 cm³/mol. The number of carbonyl (C=O) groups is 1. The molecule has 3 rings (SSSR count). The van der Waals surface area contributed by atoms with Crippen LogP contribution in [0.4, 0.5) is 0 Å². The number of benzene rings is 1. The molecule has 1 saturated heterocycles. The second kappa shape index (κ2) is 9.50.